The lowest BCUT2D eigenvalue weighted by Gasteiger charge is -2.36. The van der Waals surface area contributed by atoms with Gasteiger partial charge in [0, 0.05) is 55.4 Å². The summed E-state index contributed by atoms with van der Waals surface area (Å²) in [6, 6.07) is 22.4. The van der Waals surface area contributed by atoms with Crippen LogP contribution in [0, 0.1) is 0 Å². The highest BCUT2D eigenvalue weighted by atomic mass is 16.7. The molecule has 1 aromatic heterocycles. The van der Waals surface area contributed by atoms with Gasteiger partial charge >= 0.3 is 7.12 Å². The fourth-order valence-electron chi connectivity index (χ4n) is 6.63. The van der Waals surface area contributed by atoms with Gasteiger partial charge in [0.05, 0.1) is 36.7 Å². The Kier molecular flexibility index (Phi) is 9.30. The normalized spacial score (nSPS) is 25.1. The van der Waals surface area contributed by atoms with Gasteiger partial charge in [-0.3, -0.25) is 9.69 Å². The highest BCUT2D eigenvalue weighted by molar-refractivity contribution is 6.61. The molecule has 5 N–H and O–H groups in total. The first-order chi connectivity index (χ1) is 23.6. The van der Waals surface area contributed by atoms with Crippen molar-refractivity contribution in [2.75, 3.05) is 64.9 Å². The van der Waals surface area contributed by atoms with E-state index < -0.39 is 37.8 Å². The van der Waals surface area contributed by atoms with Crippen molar-refractivity contribution < 1.29 is 39.3 Å². The number of carbonyl (C=O) groups is 1. The van der Waals surface area contributed by atoms with Crippen LogP contribution in [0.15, 0.2) is 77.8 Å². The molecule has 3 aromatic carbocycles. The van der Waals surface area contributed by atoms with Crippen molar-refractivity contribution in [2.24, 2.45) is 4.99 Å². The van der Waals surface area contributed by atoms with Crippen LogP contribution in [0.4, 0.5) is 11.4 Å². The summed E-state index contributed by atoms with van der Waals surface area (Å²) in [6.45, 7) is 3.25. The molecule has 49 heavy (non-hydrogen) atoms. The first kappa shape index (κ1) is 33.4. The maximum Gasteiger partial charge on any atom is 0.494 e. The maximum absolute atomic E-state index is 13.0. The third kappa shape index (κ3) is 6.61. The standard InChI is InChI=1S/C35H40BN5O8/c1-39-14-16-41(17-15-39)19-29(43)40(2)25-11-9-24(10-12-25)37-31(22-6-4-3-5-7-22)30-26-13-8-23(18-27(26)38-34(30)45)36-47-21-35(46)33(49-36)32(44)28(20-42)48-35/h3-13,18,28,32-33,38,42,44-46H,14-17,19-21H2,1-2H3/t28-,32-,33+,35+/m1/s1. The van der Waals surface area contributed by atoms with Gasteiger partial charge in [0.15, 0.2) is 5.88 Å². The Labute approximate surface area is 284 Å². The van der Waals surface area contributed by atoms with Crippen molar-refractivity contribution in [3.63, 3.8) is 0 Å². The molecule has 3 aliphatic rings. The molecule has 0 spiro atoms. The molecule has 13 nitrogen and oxygen atoms in total. The number of aliphatic hydroxyl groups excluding tert-OH is 2. The van der Waals surface area contributed by atoms with Crippen LogP contribution in [0.3, 0.4) is 0 Å². The number of nitrogens with one attached hydrogen (secondary N) is 1. The maximum atomic E-state index is 13.0. The van der Waals surface area contributed by atoms with Crippen molar-refractivity contribution in [3.05, 3.63) is 83.9 Å². The number of aromatic amines is 1. The summed E-state index contributed by atoms with van der Waals surface area (Å²) in [6.07, 6.45) is -3.36. The number of benzene rings is 3. The zero-order valence-corrected chi connectivity index (χ0v) is 27.4. The molecule has 4 atom stereocenters. The third-order valence-corrected chi connectivity index (χ3v) is 9.55. The molecule has 4 heterocycles. The van der Waals surface area contributed by atoms with E-state index in [4.69, 9.17) is 19.0 Å². The smallest absolute Gasteiger partial charge is 0.494 e. The summed E-state index contributed by atoms with van der Waals surface area (Å²) in [5.74, 6) is -1.93. The molecule has 4 aromatic rings. The quantitative estimate of drug-likeness (QED) is 0.134. The number of anilines is 1. The first-order valence-corrected chi connectivity index (χ1v) is 16.4. The van der Waals surface area contributed by atoms with Crippen molar-refractivity contribution in [1.82, 2.24) is 14.8 Å². The van der Waals surface area contributed by atoms with E-state index in [-0.39, 0.29) is 18.4 Å². The van der Waals surface area contributed by atoms with E-state index in [0.29, 0.717) is 39.9 Å². The Hall–Kier alpha value is -4.12. The molecule has 256 valence electrons. The molecule has 7 rings (SSSR count). The first-order valence-electron chi connectivity index (χ1n) is 16.4. The van der Waals surface area contributed by atoms with Gasteiger partial charge in [-0.05, 0) is 42.8 Å². The summed E-state index contributed by atoms with van der Waals surface area (Å²) in [5.41, 5.74) is 4.41. The number of piperazine rings is 1. The third-order valence-electron chi connectivity index (χ3n) is 9.55. The highest BCUT2D eigenvalue weighted by Crippen LogP contribution is 2.36. The Morgan fingerprint density at radius 2 is 1.82 bits per heavy atom. The zero-order valence-electron chi connectivity index (χ0n) is 27.4. The molecule has 0 aliphatic carbocycles. The van der Waals surface area contributed by atoms with Crippen molar-refractivity contribution in [1.29, 1.82) is 0 Å². The van der Waals surface area contributed by atoms with Crippen LogP contribution in [0.5, 0.6) is 5.88 Å². The number of nitrogens with zero attached hydrogens (tertiary/aromatic N) is 4. The molecule has 3 saturated heterocycles. The number of fused-ring (bicyclic) bond motifs is 2. The van der Waals surface area contributed by atoms with Gasteiger partial charge in [0.1, 0.15) is 18.3 Å². The Balaban J connectivity index is 1.15. The van der Waals surface area contributed by atoms with Gasteiger partial charge in [-0.25, -0.2) is 4.99 Å². The van der Waals surface area contributed by atoms with Gasteiger partial charge in [0.2, 0.25) is 11.7 Å². The van der Waals surface area contributed by atoms with Gasteiger partial charge in [-0.1, -0.05) is 42.5 Å². The lowest BCUT2D eigenvalue weighted by Crippen LogP contribution is -2.59. The number of rotatable bonds is 8. The largest absolute Gasteiger partial charge is 0.494 e. The van der Waals surface area contributed by atoms with Crippen LogP contribution in [-0.4, -0.2) is 138 Å². The predicted octanol–water partition coefficient (Wildman–Crippen LogP) is 0.804. The number of hydrogen-bond donors (Lipinski definition) is 5. The van der Waals surface area contributed by atoms with E-state index >= 15 is 0 Å². The second-order valence-electron chi connectivity index (χ2n) is 12.9. The molecule has 0 saturated carbocycles. The lowest BCUT2D eigenvalue weighted by atomic mass is 9.76. The van der Waals surface area contributed by atoms with E-state index in [0.717, 1.165) is 37.4 Å². The fourth-order valence-corrected chi connectivity index (χ4v) is 6.63. The van der Waals surface area contributed by atoms with Crippen LogP contribution in [-0.2, 0) is 18.8 Å². The number of carbonyl (C=O) groups excluding carboxylic acids is 1. The molecule has 3 fully saturated rings. The Morgan fingerprint density at radius 3 is 2.53 bits per heavy atom. The zero-order chi connectivity index (χ0) is 34.3. The number of amides is 1. The predicted molar refractivity (Wildman–Crippen MR) is 185 cm³/mol. The number of hydrogen-bond acceptors (Lipinski definition) is 11. The van der Waals surface area contributed by atoms with Gasteiger partial charge in [-0.15, -0.1) is 0 Å². The molecular formula is C35H40BN5O8. The van der Waals surface area contributed by atoms with E-state index in [2.05, 4.69) is 21.8 Å². The van der Waals surface area contributed by atoms with Crippen LogP contribution in [0.1, 0.15) is 11.1 Å². The molecule has 1 amide bonds. The van der Waals surface area contributed by atoms with Crippen molar-refractivity contribution in [3.8, 4) is 5.88 Å². The van der Waals surface area contributed by atoms with Crippen LogP contribution in [0.25, 0.3) is 10.9 Å². The minimum Gasteiger partial charge on any atom is -0.494 e. The van der Waals surface area contributed by atoms with E-state index in [1.165, 1.54) is 0 Å². The summed E-state index contributed by atoms with van der Waals surface area (Å²) in [7, 11) is 2.93. The van der Waals surface area contributed by atoms with E-state index in [1.54, 1.807) is 24.1 Å². The monoisotopic (exact) mass is 669 g/mol. The lowest BCUT2D eigenvalue weighted by molar-refractivity contribution is -0.258. The van der Waals surface area contributed by atoms with Crippen LogP contribution >= 0.6 is 0 Å². The van der Waals surface area contributed by atoms with Crippen LogP contribution in [0.2, 0.25) is 0 Å². The number of aromatic hydroxyl groups is 1. The fraction of sp³-hybridized carbons (Fsp3) is 0.371. The molecular weight excluding hydrogens is 629 g/mol. The number of ether oxygens (including phenoxy) is 1. The SMILES string of the molecule is CN1CCN(CC(=O)N(C)c2ccc(N=C(c3ccccc3)c3c(O)[nH]c4cc(B5OC[C@]6(O)O[C@H](CO)[C@@H](O)[C@@H]6O5)ccc34)cc2)CC1. The van der Waals surface area contributed by atoms with E-state index in [9.17, 15) is 25.2 Å². The van der Waals surface area contributed by atoms with Gasteiger partial charge in [-0.2, -0.15) is 0 Å². The number of likely N-dealkylation sites (N-methyl/N-ethyl adjacent to an activating group) is 2. The topological polar surface area (TPSA) is 164 Å². The second-order valence-corrected chi connectivity index (χ2v) is 12.9. The summed E-state index contributed by atoms with van der Waals surface area (Å²) < 4.78 is 17.1. The molecule has 0 bridgehead atoms. The Morgan fingerprint density at radius 1 is 1.08 bits per heavy atom. The van der Waals surface area contributed by atoms with Gasteiger partial charge in [0.25, 0.3) is 0 Å². The van der Waals surface area contributed by atoms with Crippen molar-refractivity contribution >= 4 is 46.5 Å². The Bertz CT molecular complexity index is 1830. The molecule has 0 unspecified atom stereocenters. The number of aliphatic imine (C=N–C) groups is 1. The van der Waals surface area contributed by atoms with E-state index in [1.807, 2.05) is 60.7 Å². The molecule has 3 aliphatic heterocycles. The average molecular weight is 670 g/mol. The average Bonchev–Trinajstić information content (AvgIpc) is 3.58. The highest BCUT2D eigenvalue weighted by Gasteiger charge is 2.59. The number of H-pyrrole nitrogens is 1. The summed E-state index contributed by atoms with van der Waals surface area (Å²) >= 11 is 0. The minimum absolute atomic E-state index is 0.0238. The number of aromatic nitrogens is 1. The summed E-state index contributed by atoms with van der Waals surface area (Å²) in [4.78, 5) is 27.2. The molecule has 14 heteroatoms. The van der Waals surface area contributed by atoms with Gasteiger partial charge < -0.3 is 49.3 Å². The van der Waals surface area contributed by atoms with Crippen LogP contribution < -0.4 is 10.4 Å². The molecule has 0 radical (unpaired) electrons. The van der Waals surface area contributed by atoms with Crippen molar-refractivity contribution in [2.45, 2.75) is 24.1 Å². The summed E-state index contributed by atoms with van der Waals surface area (Å²) in [5, 5.41) is 42.8. The number of aliphatic hydroxyl groups is 3. The second kappa shape index (κ2) is 13.7. The minimum atomic E-state index is -1.87.